The van der Waals surface area contributed by atoms with E-state index in [1.54, 1.807) is 0 Å². The topological polar surface area (TPSA) is 45.2 Å². The summed E-state index contributed by atoms with van der Waals surface area (Å²) in [5, 5.41) is 2.81. The minimum Gasteiger partial charge on any atom is -0.350 e. The van der Waals surface area contributed by atoms with E-state index < -0.39 is 5.95 Å². The number of rotatable bonds is 5. The monoisotopic (exact) mass is 253 g/mol. The van der Waals surface area contributed by atoms with Crippen LogP contribution in [0.5, 0.6) is 0 Å². The van der Waals surface area contributed by atoms with Crippen molar-refractivity contribution in [3.8, 4) is 0 Å². The van der Waals surface area contributed by atoms with E-state index in [0.717, 1.165) is 6.07 Å². The molecule has 0 aromatic carbocycles. The summed E-state index contributed by atoms with van der Waals surface area (Å²) in [6.45, 7) is 4.74. The molecule has 1 rings (SSSR count). The van der Waals surface area contributed by atoms with Crippen molar-refractivity contribution in [1.82, 2.24) is 15.2 Å². The molecule has 18 heavy (non-hydrogen) atoms. The quantitative estimate of drug-likeness (QED) is 0.810. The third-order valence-corrected chi connectivity index (χ3v) is 2.89. The fourth-order valence-corrected chi connectivity index (χ4v) is 1.86. The highest BCUT2D eigenvalue weighted by Gasteiger charge is 2.17. The smallest absolute Gasteiger partial charge is 0.251 e. The Balaban J connectivity index is 2.60. The van der Waals surface area contributed by atoms with E-state index in [9.17, 15) is 9.18 Å². The van der Waals surface area contributed by atoms with Gasteiger partial charge >= 0.3 is 0 Å². The number of halogens is 1. The van der Waals surface area contributed by atoms with Gasteiger partial charge in [0.05, 0.1) is 0 Å². The number of nitrogens with zero attached hydrogens (tertiary/aromatic N) is 2. The molecule has 1 amide bonds. The fraction of sp³-hybridized carbons (Fsp3) is 0.538. The second-order valence-electron chi connectivity index (χ2n) is 4.85. The van der Waals surface area contributed by atoms with Crippen LogP contribution in [0.3, 0.4) is 0 Å². The number of amides is 1. The molecule has 5 heteroatoms. The lowest BCUT2D eigenvalue weighted by Gasteiger charge is -2.28. The van der Waals surface area contributed by atoms with Crippen LogP contribution >= 0.6 is 0 Å². The first-order valence-corrected chi connectivity index (χ1v) is 5.98. The van der Waals surface area contributed by atoms with Crippen LogP contribution in [0.4, 0.5) is 4.39 Å². The van der Waals surface area contributed by atoms with Gasteiger partial charge in [-0.2, -0.15) is 4.39 Å². The molecule has 0 saturated heterocycles. The molecule has 0 bridgehead atoms. The van der Waals surface area contributed by atoms with Crippen LogP contribution in [0, 0.1) is 11.9 Å². The Hall–Kier alpha value is -1.49. The molecular formula is C13H20FN3O. The van der Waals surface area contributed by atoms with Gasteiger partial charge in [0, 0.05) is 30.4 Å². The van der Waals surface area contributed by atoms with Gasteiger partial charge < -0.3 is 10.2 Å². The standard InChI is InChI=1S/C13H20FN3O/c1-9(2)11(17(3)4)8-16-13(18)10-5-6-15-12(14)7-10/h5-7,9,11H,8H2,1-4H3,(H,16,18). The first-order valence-electron chi connectivity index (χ1n) is 5.98. The molecule has 1 aromatic rings. The first-order chi connectivity index (χ1) is 8.41. The Kier molecular flexibility index (Phi) is 5.22. The molecular weight excluding hydrogens is 233 g/mol. The summed E-state index contributed by atoms with van der Waals surface area (Å²) in [5.41, 5.74) is 0.295. The molecule has 1 aromatic heterocycles. The lowest BCUT2D eigenvalue weighted by molar-refractivity contribution is 0.0934. The van der Waals surface area contributed by atoms with E-state index in [2.05, 4.69) is 29.0 Å². The number of aromatic nitrogens is 1. The highest BCUT2D eigenvalue weighted by molar-refractivity contribution is 5.94. The zero-order valence-corrected chi connectivity index (χ0v) is 11.3. The molecule has 100 valence electrons. The highest BCUT2D eigenvalue weighted by Crippen LogP contribution is 2.07. The number of carbonyl (C=O) groups is 1. The molecule has 0 radical (unpaired) electrons. The van der Waals surface area contributed by atoms with E-state index in [1.807, 2.05) is 14.1 Å². The van der Waals surface area contributed by atoms with Crippen molar-refractivity contribution in [2.24, 2.45) is 5.92 Å². The van der Waals surface area contributed by atoms with Crippen molar-refractivity contribution in [2.45, 2.75) is 19.9 Å². The maximum Gasteiger partial charge on any atom is 0.251 e. The number of carbonyl (C=O) groups excluding carboxylic acids is 1. The van der Waals surface area contributed by atoms with Crippen molar-refractivity contribution in [3.05, 3.63) is 29.8 Å². The Morgan fingerprint density at radius 3 is 2.67 bits per heavy atom. The molecule has 0 fully saturated rings. The zero-order valence-electron chi connectivity index (χ0n) is 11.3. The highest BCUT2D eigenvalue weighted by atomic mass is 19.1. The van der Waals surface area contributed by atoms with Gasteiger partial charge in [-0.3, -0.25) is 4.79 Å². The van der Waals surface area contributed by atoms with Gasteiger partial charge in [0.15, 0.2) is 0 Å². The largest absolute Gasteiger partial charge is 0.350 e. The van der Waals surface area contributed by atoms with Gasteiger partial charge in [-0.25, -0.2) is 4.98 Å². The summed E-state index contributed by atoms with van der Waals surface area (Å²) >= 11 is 0. The number of hydrogen-bond acceptors (Lipinski definition) is 3. The molecule has 0 spiro atoms. The van der Waals surface area contributed by atoms with Gasteiger partial charge in [0.2, 0.25) is 5.95 Å². The number of likely N-dealkylation sites (N-methyl/N-ethyl adjacent to an activating group) is 1. The van der Waals surface area contributed by atoms with Gasteiger partial charge in [0.25, 0.3) is 5.91 Å². The van der Waals surface area contributed by atoms with Gasteiger partial charge in [0.1, 0.15) is 0 Å². The molecule has 0 aliphatic carbocycles. The third kappa shape index (κ3) is 4.07. The Morgan fingerprint density at radius 2 is 2.17 bits per heavy atom. The summed E-state index contributed by atoms with van der Waals surface area (Å²) in [6, 6.07) is 2.88. The van der Waals surface area contributed by atoms with Crippen molar-refractivity contribution in [3.63, 3.8) is 0 Å². The number of nitrogens with one attached hydrogen (secondary N) is 1. The number of hydrogen-bond donors (Lipinski definition) is 1. The van der Waals surface area contributed by atoms with Crippen LogP contribution < -0.4 is 5.32 Å². The Morgan fingerprint density at radius 1 is 1.50 bits per heavy atom. The van der Waals surface area contributed by atoms with Gasteiger partial charge in [-0.1, -0.05) is 13.8 Å². The summed E-state index contributed by atoms with van der Waals surface area (Å²) in [4.78, 5) is 17.3. The van der Waals surface area contributed by atoms with Crippen LogP contribution in [0.15, 0.2) is 18.3 Å². The minimum atomic E-state index is -0.643. The molecule has 0 saturated carbocycles. The van der Waals surface area contributed by atoms with E-state index in [0.29, 0.717) is 18.0 Å². The second-order valence-corrected chi connectivity index (χ2v) is 4.85. The molecule has 0 aliphatic rings. The predicted molar refractivity (Wildman–Crippen MR) is 68.8 cm³/mol. The summed E-state index contributed by atoms with van der Waals surface area (Å²) in [6.07, 6.45) is 1.29. The van der Waals surface area contributed by atoms with E-state index in [1.165, 1.54) is 12.3 Å². The second kappa shape index (κ2) is 6.44. The van der Waals surface area contributed by atoms with E-state index in [-0.39, 0.29) is 11.9 Å². The summed E-state index contributed by atoms with van der Waals surface area (Å²) in [5.74, 6) is -0.492. The summed E-state index contributed by atoms with van der Waals surface area (Å²) in [7, 11) is 3.95. The molecule has 1 N–H and O–H groups in total. The number of pyridine rings is 1. The van der Waals surface area contributed by atoms with E-state index >= 15 is 0 Å². The lowest BCUT2D eigenvalue weighted by atomic mass is 10.0. The maximum absolute atomic E-state index is 12.9. The fourth-order valence-electron chi connectivity index (χ4n) is 1.86. The average Bonchev–Trinajstić information content (AvgIpc) is 2.28. The first kappa shape index (κ1) is 14.6. The van der Waals surface area contributed by atoms with Crippen molar-refractivity contribution in [2.75, 3.05) is 20.6 Å². The van der Waals surface area contributed by atoms with E-state index in [4.69, 9.17) is 0 Å². The van der Waals surface area contributed by atoms with Crippen LogP contribution in [-0.2, 0) is 0 Å². The normalized spacial score (nSPS) is 12.8. The zero-order chi connectivity index (χ0) is 13.7. The third-order valence-electron chi connectivity index (χ3n) is 2.89. The summed E-state index contributed by atoms with van der Waals surface area (Å²) < 4.78 is 12.9. The average molecular weight is 253 g/mol. The SMILES string of the molecule is CC(C)C(CNC(=O)c1ccnc(F)c1)N(C)C. The van der Waals surface area contributed by atoms with Crippen LogP contribution in [0.25, 0.3) is 0 Å². The van der Waals surface area contributed by atoms with Crippen molar-refractivity contribution >= 4 is 5.91 Å². The van der Waals surface area contributed by atoms with Crippen LogP contribution in [0.2, 0.25) is 0 Å². The Bertz CT molecular complexity index is 399. The molecule has 1 unspecified atom stereocenters. The van der Waals surface area contributed by atoms with Crippen LogP contribution in [0.1, 0.15) is 24.2 Å². The maximum atomic E-state index is 12.9. The predicted octanol–water partition coefficient (Wildman–Crippen LogP) is 1.54. The molecule has 0 aliphatic heterocycles. The lowest BCUT2D eigenvalue weighted by Crippen LogP contribution is -2.43. The van der Waals surface area contributed by atoms with Crippen molar-refractivity contribution < 1.29 is 9.18 Å². The van der Waals surface area contributed by atoms with Gasteiger partial charge in [-0.05, 0) is 26.1 Å². The Labute approximate surface area is 107 Å². The molecule has 1 atom stereocenters. The molecule has 4 nitrogen and oxygen atoms in total. The van der Waals surface area contributed by atoms with Crippen LogP contribution in [-0.4, -0.2) is 42.5 Å². The minimum absolute atomic E-state index is 0.251. The van der Waals surface area contributed by atoms with Crippen molar-refractivity contribution in [1.29, 1.82) is 0 Å². The molecule has 1 heterocycles. The van der Waals surface area contributed by atoms with Gasteiger partial charge in [-0.15, -0.1) is 0 Å².